The van der Waals surface area contributed by atoms with Gasteiger partial charge in [-0.3, -0.25) is 0 Å². The Labute approximate surface area is 148 Å². The number of rotatable bonds is 6. The fourth-order valence-electron chi connectivity index (χ4n) is 2.44. The molecule has 24 heavy (non-hydrogen) atoms. The molecule has 130 valence electrons. The number of halogens is 3. The summed E-state index contributed by atoms with van der Waals surface area (Å²) in [7, 11) is 0. The summed E-state index contributed by atoms with van der Waals surface area (Å²) < 4.78 is 35.5. The maximum atomic E-state index is 12.4. The van der Waals surface area contributed by atoms with Crippen LogP contribution in [0.3, 0.4) is 0 Å². The predicted molar refractivity (Wildman–Crippen MR) is 91.8 cm³/mol. The SMILES string of the molecule is CCOc1cc(Br)cc(C(C)(O)c2ccc(OC(F)F)c(C)c2)c1. The molecular formula is C18H19BrF2O3. The van der Waals surface area contributed by atoms with Crippen LogP contribution in [0, 0.1) is 6.92 Å². The molecule has 0 saturated carbocycles. The second-order valence-corrected chi connectivity index (χ2v) is 6.46. The van der Waals surface area contributed by atoms with Crippen molar-refractivity contribution >= 4 is 15.9 Å². The van der Waals surface area contributed by atoms with Crippen molar-refractivity contribution in [2.45, 2.75) is 33.0 Å². The molecule has 1 atom stereocenters. The first-order valence-corrected chi connectivity index (χ1v) is 8.25. The molecule has 2 aromatic carbocycles. The number of alkyl halides is 2. The fraction of sp³-hybridized carbons (Fsp3) is 0.333. The molecule has 0 aliphatic carbocycles. The van der Waals surface area contributed by atoms with Gasteiger partial charge in [-0.25, -0.2) is 0 Å². The molecule has 0 fully saturated rings. The maximum absolute atomic E-state index is 12.4. The van der Waals surface area contributed by atoms with Crippen LogP contribution in [-0.4, -0.2) is 18.3 Å². The second kappa shape index (κ2) is 7.49. The molecule has 2 aromatic rings. The van der Waals surface area contributed by atoms with Gasteiger partial charge in [-0.2, -0.15) is 8.78 Å². The third-order valence-electron chi connectivity index (χ3n) is 3.70. The highest BCUT2D eigenvalue weighted by Crippen LogP contribution is 2.35. The molecule has 0 spiro atoms. The van der Waals surface area contributed by atoms with Gasteiger partial charge in [-0.05, 0) is 67.8 Å². The molecule has 6 heteroatoms. The van der Waals surface area contributed by atoms with Crippen molar-refractivity contribution in [1.29, 1.82) is 0 Å². The Kier molecular flexibility index (Phi) is 5.83. The summed E-state index contributed by atoms with van der Waals surface area (Å²) in [6.45, 7) is 2.81. The zero-order valence-electron chi connectivity index (χ0n) is 13.6. The summed E-state index contributed by atoms with van der Waals surface area (Å²) in [5.41, 5.74) is 0.404. The van der Waals surface area contributed by atoms with Crippen LogP contribution in [0.1, 0.15) is 30.5 Å². The molecule has 1 unspecified atom stereocenters. The first-order chi connectivity index (χ1) is 11.2. The average molecular weight is 401 g/mol. The van der Waals surface area contributed by atoms with E-state index in [0.29, 0.717) is 29.0 Å². The van der Waals surface area contributed by atoms with Crippen molar-refractivity contribution in [3.05, 3.63) is 57.6 Å². The Balaban J connectivity index is 2.41. The van der Waals surface area contributed by atoms with Crippen LogP contribution in [-0.2, 0) is 5.60 Å². The van der Waals surface area contributed by atoms with E-state index in [0.717, 1.165) is 4.47 Å². The summed E-state index contributed by atoms with van der Waals surface area (Å²) >= 11 is 3.41. The molecule has 0 bridgehead atoms. The summed E-state index contributed by atoms with van der Waals surface area (Å²) in [5, 5.41) is 11.0. The molecule has 0 aromatic heterocycles. The maximum Gasteiger partial charge on any atom is 0.387 e. The topological polar surface area (TPSA) is 38.7 Å². The number of ether oxygens (including phenoxy) is 2. The monoisotopic (exact) mass is 400 g/mol. The van der Waals surface area contributed by atoms with Crippen molar-refractivity contribution in [2.24, 2.45) is 0 Å². The normalized spacial score (nSPS) is 13.7. The summed E-state index contributed by atoms with van der Waals surface area (Å²) in [6.07, 6.45) is 0. The molecule has 0 aliphatic heterocycles. The minimum atomic E-state index is -2.88. The Morgan fingerprint density at radius 3 is 2.46 bits per heavy atom. The van der Waals surface area contributed by atoms with Gasteiger partial charge in [0, 0.05) is 4.47 Å². The van der Waals surface area contributed by atoms with Crippen LogP contribution in [0.25, 0.3) is 0 Å². The summed E-state index contributed by atoms with van der Waals surface area (Å²) in [6, 6.07) is 10.0. The Morgan fingerprint density at radius 1 is 1.17 bits per heavy atom. The van der Waals surface area contributed by atoms with E-state index in [4.69, 9.17) is 4.74 Å². The third kappa shape index (κ3) is 4.24. The summed E-state index contributed by atoms with van der Waals surface area (Å²) in [5.74, 6) is 0.727. The molecule has 1 N–H and O–H groups in total. The van der Waals surface area contributed by atoms with E-state index in [1.807, 2.05) is 13.0 Å². The van der Waals surface area contributed by atoms with Crippen molar-refractivity contribution in [3.63, 3.8) is 0 Å². The Morgan fingerprint density at radius 2 is 1.88 bits per heavy atom. The minimum Gasteiger partial charge on any atom is -0.494 e. The van der Waals surface area contributed by atoms with Crippen molar-refractivity contribution in [2.75, 3.05) is 6.61 Å². The van der Waals surface area contributed by atoms with Crippen LogP contribution in [0.4, 0.5) is 8.78 Å². The summed E-state index contributed by atoms with van der Waals surface area (Å²) in [4.78, 5) is 0. The first kappa shape index (κ1) is 18.7. The second-order valence-electron chi connectivity index (χ2n) is 5.54. The van der Waals surface area contributed by atoms with Gasteiger partial charge >= 0.3 is 6.61 Å². The van der Waals surface area contributed by atoms with Gasteiger partial charge in [0.25, 0.3) is 0 Å². The highest BCUT2D eigenvalue weighted by molar-refractivity contribution is 9.10. The lowest BCUT2D eigenvalue weighted by Crippen LogP contribution is -2.23. The third-order valence-corrected chi connectivity index (χ3v) is 4.16. The van der Waals surface area contributed by atoms with Crippen LogP contribution in [0.15, 0.2) is 40.9 Å². The van der Waals surface area contributed by atoms with E-state index in [-0.39, 0.29) is 5.75 Å². The predicted octanol–water partition coefficient (Wildman–Crippen LogP) is 5.01. The van der Waals surface area contributed by atoms with Gasteiger partial charge in [0.1, 0.15) is 17.1 Å². The van der Waals surface area contributed by atoms with E-state index in [2.05, 4.69) is 20.7 Å². The number of hydrogen-bond donors (Lipinski definition) is 1. The van der Waals surface area contributed by atoms with Crippen molar-refractivity contribution in [1.82, 2.24) is 0 Å². The van der Waals surface area contributed by atoms with Crippen molar-refractivity contribution < 1.29 is 23.4 Å². The van der Waals surface area contributed by atoms with Gasteiger partial charge in [0.05, 0.1) is 6.61 Å². The fourth-order valence-corrected chi connectivity index (χ4v) is 2.91. The number of benzene rings is 2. The van der Waals surface area contributed by atoms with Crippen LogP contribution < -0.4 is 9.47 Å². The molecule has 0 amide bonds. The molecular weight excluding hydrogens is 382 g/mol. The largest absolute Gasteiger partial charge is 0.494 e. The molecule has 3 nitrogen and oxygen atoms in total. The van der Waals surface area contributed by atoms with Crippen LogP contribution in [0.2, 0.25) is 0 Å². The van der Waals surface area contributed by atoms with Gasteiger partial charge in [0.15, 0.2) is 0 Å². The van der Waals surface area contributed by atoms with Gasteiger partial charge in [-0.1, -0.05) is 22.0 Å². The van der Waals surface area contributed by atoms with E-state index in [9.17, 15) is 13.9 Å². The van der Waals surface area contributed by atoms with Gasteiger partial charge in [0.2, 0.25) is 0 Å². The minimum absolute atomic E-state index is 0.0915. The van der Waals surface area contributed by atoms with Crippen LogP contribution >= 0.6 is 15.9 Å². The van der Waals surface area contributed by atoms with E-state index < -0.39 is 12.2 Å². The van der Waals surface area contributed by atoms with E-state index in [1.54, 1.807) is 38.1 Å². The highest BCUT2D eigenvalue weighted by Gasteiger charge is 2.27. The van der Waals surface area contributed by atoms with Crippen molar-refractivity contribution in [3.8, 4) is 11.5 Å². The number of aliphatic hydroxyl groups is 1. The Bertz CT molecular complexity index is 717. The molecule has 0 heterocycles. The zero-order valence-corrected chi connectivity index (χ0v) is 15.2. The quantitative estimate of drug-likeness (QED) is 0.740. The smallest absolute Gasteiger partial charge is 0.387 e. The molecule has 2 rings (SSSR count). The molecule has 0 saturated heterocycles. The number of hydrogen-bond acceptors (Lipinski definition) is 3. The average Bonchev–Trinajstić information content (AvgIpc) is 2.48. The lowest BCUT2D eigenvalue weighted by molar-refractivity contribution is -0.0503. The Hall–Kier alpha value is -1.66. The lowest BCUT2D eigenvalue weighted by Gasteiger charge is -2.26. The molecule has 0 radical (unpaired) electrons. The zero-order chi connectivity index (χ0) is 17.9. The first-order valence-electron chi connectivity index (χ1n) is 7.46. The van der Waals surface area contributed by atoms with E-state index >= 15 is 0 Å². The van der Waals surface area contributed by atoms with Crippen LogP contribution in [0.5, 0.6) is 11.5 Å². The van der Waals surface area contributed by atoms with Gasteiger partial charge in [-0.15, -0.1) is 0 Å². The standard InChI is InChI=1S/C18H19BrF2O3/c1-4-23-15-9-13(8-14(19)10-15)18(3,22)12-5-6-16(11(2)7-12)24-17(20)21/h5-10,17,22H,4H2,1-3H3. The lowest BCUT2D eigenvalue weighted by atomic mass is 9.87. The molecule has 0 aliphatic rings. The number of aryl methyl sites for hydroxylation is 1. The highest BCUT2D eigenvalue weighted by atomic mass is 79.9. The van der Waals surface area contributed by atoms with E-state index in [1.165, 1.54) is 6.07 Å². The van der Waals surface area contributed by atoms with Gasteiger partial charge < -0.3 is 14.6 Å².